The molecule has 2 rings (SSSR count). The zero-order valence-corrected chi connectivity index (χ0v) is 13.9. The lowest BCUT2D eigenvalue weighted by molar-refractivity contribution is -0.116. The summed E-state index contributed by atoms with van der Waals surface area (Å²) < 4.78 is 2.06. The Balaban J connectivity index is 1.96. The first-order chi connectivity index (χ1) is 10.5. The minimum Gasteiger partial charge on any atom is -0.326 e. The third kappa shape index (κ3) is 4.20. The van der Waals surface area contributed by atoms with Gasteiger partial charge in [-0.2, -0.15) is 5.10 Å². The number of aromatic nitrogens is 2. The van der Waals surface area contributed by atoms with Crippen LogP contribution in [0.5, 0.6) is 0 Å². The normalized spacial score (nSPS) is 11.0. The summed E-state index contributed by atoms with van der Waals surface area (Å²) in [6, 6.07) is 9.56. The van der Waals surface area contributed by atoms with Crippen molar-refractivity contribution >= 4 is 11.6 Å². The van der Waals surface area contributed by atoms with Crippen LogP contribution in [0.25, 0.3) is 0 Å². The summed E-state index contributed by atoms with van der Waals surface area (Å²) in [5.41, 5.74) is 4.25. The van der Waals surface area contributed by atoms with E-state index in [2.05, 4.69) is 35.9 Å². The van der Waals surface area contributed by atoms with Crippen molar-refractivity contribution in [2.24, 2.45) is 5.92 Å². The van der Waals surface area contributed by atoms with E-state index in [1.807, 2.05) is 37.3 Å². The fraction of sp³-hybridized carbons (Fsp3) is 0.444. The molecule has 0 atom stereocenters. The van der Waals surface area contributed by atoms with Gasteiger partial charge in [0.15, 0.2) is 0 Å². The Hall–Kier alpha value is -2.10. The Bertz CT molecular complexity index is 629. The molecule has 0 saturated carbocycles. The highest BCUT2D eigenvalue weighted by molar-refractivity contribution is 5.90. The molecule has 0 unspecified atom stereocenters. The first kappa shape index (κ1) is 16.3. The fourth-order valence-electron chi connectivity index (χ4n) is 2.60. The van der Waals surface area contributed by atoms with Crippen molar-refractivity contribution in [2.75, 3.05) is 5.32 Å². The molecule has 0 fully saturated rings. The summed E-state index contributed by atoms with van der Waals surface area (Å²) >= 11 is 0. The summed E-state index contributed by atoms with van der Waals surface area (Å²) in [5.74, 6) is 0.605. The maximum absolute atomic E-state index is 12.1. The van der Waals surface area contributed by atoms with E-state index in [4.69, 9.17) is 0 Å². The summed E-state index contributed by atoms with van der Waals surface area (Å²) in [7, 11) is 0. The molecule has 118 valence electrons. The molecule has 0 bridgehead atoms. The van der Waals surface area contributed by atoms with Gasteiger partial charge in [-0.1, -0.05) is 32.0 Å². The predicted molar refractivity (Wildman–Crippen MR) is 89.9 cm³/mol. The van der Waals surface area contributed by atoms with Crippen LogP contribution in [-0.4, -0.2) is 15.7 Å². The van der Waals surface area contributed by atoms with Gasteiger partial charge in [-0.3, -0.25) is 9.48 Å². The number of amides is 1. The molecule has 1 aromatic carbocycles. The van der Waals surface area contributed by atoms with E-state index >= 15 is 0 Å². The predicted octanol–water partition coefficient (Wildman–Crippen LogP) is 3.73. The van der Waals surface area contributed by atoms with E-state index in [-0.39, 0.29) is 5.91 Å². The van der Waals surface area contributed by atoms with E-state index in [0.29, 0.717) is 12.3 Å². The topological polar surface area (TPSA) is 46.9 Å². The lowest BCUT2D eigenvalue weighted by atomic mass is 10.1. The van der Waals surface area contributed by atoms with E-state index in [9.17, 15) is 4.79 Å². The lowest BCUT2D eigenvalue weighted by Crippen LogP contribution is -2.13. The van der Waals surface area contributed by atoms with Gasteiger partial charge in [-0.05, 0) is 43.9 Å². The van der Waals surface area contributed by atoms with Gasteiger partial charge in [0.05, 0.1) is 5.69 Å². The molecule has 0 spiro atoms. The Kier molecular flexibility index (Phi) is 5.36. The molecule has 1 N–H and O–H groups in total. The molecule has 4 nitrogen and oxygen atoms in total. The molecule has 1 heterocycles. The van der Waals surface area contributed by atoms with Gasteiger partial charge in [0.1, 0.15) is 0 Å². The van der Waals surface area contributed by atoms with Crippen LogP contribution in [0.4, 0.5) is 5.69 Å². The van der Waals surface area contributed by atoms with Gasteiger partial charge < -0.3 is 5.32 Å². The van der Waals surface area contributed by atoms with Crippen molar-refractivity contribution in [3.05, 3.63) is 47.3 Å². The van der Waals surface area contributed by atoms with Crippen LogP contribution >= 0.6 is 0 Å². The molecule has 0 aliphatic carbocycles. The van der Waals surface area contributed by atoms with Crippen molar-refractivity contribution in [3.8, 4) is 0 Å². The van der Waals surface area contributed by atoms with E-state index in [0.717, 1.165) is 24.3 Å². The number of anilines is 1. The number of rotatable bonds is 6. The maximum atomic E-state index is 12.1. The van der Waals surface area contributed by atoms with Crippen LogP contribution < -0.4 is 5.32 Å². The second kappa shape index (κ2) is 7.25. The van der Waals surface area contributed by atoms with Crippen LogP contribution in [-0.2, 0) is 17.8 Å². The van der Waals surface area contributed by atoms with Crippen LogP contribution in [0.3, 0.4) is 0 Å². The molecule has 2 aromatic rings. The second-order valence-corrected chi connectivity index (χ2v) is 6.14. The number of hydrogen-bond acceptors (Lipinski definition) is 2. The smallest absolute Gasteiger partial charge is 0.224 e. The van der Waals surface area contributed by atoms with Crippen LogP contribution in [0.2, 0.25) is 0 Å². The minimum absolute atomic E-state index is 0.0432. The molecule has 0 radical (unpaired) electrons. The number of benzene rings is 1. The third-order valence-electron chi connectivity index (χ3n) is 3.73. The molecule has 22 heavy (non-hydrogen) atoms. The van der Waals surface area contributed by atoms with E-state index in [1.54, 1.807) is 0 Å². The number of hydrogen-bond donors (Lipinski definition) is 1. The Morgan fingerprint density at radius 1 is 1.23 bits per heavy atom. The van der Waals surface area contributed by atoms with Crippen molar-refractivity contribution in [1.82, 2.24) is 9.78 Å². The molecule has 1 amide bonds. The fourth-order valence-corrected chi connectivity index (χ4v) is 2.60. The van der Waals surface area contributed by atoms with Gasteiger partial charge in [-0.15, -0.1) is 0 Å². The first-order valence-electron chi connectivity index (χ1n) is 7.85. The minimum atomic E-state index is 0.0432. The van der Waals surface area contributed by atoms with Gasteiger partial charge in [0.25, 0.3) is 0 Å². The van der Waals surface area contributed by atoms with Crippen LogP contribution in [0.15, 0.2) is 30.3 Å². The van der Waals surface area contributed by atoms with Gasteiger partial charge in [0, 0.05) is 24.3 Å². The third-order valence-corrected chi connectivity index (χ3v) is 3.73. The zero-order valence-electron chi connectivity index (χ0n) is 13.9. The van der Waals surface area contributed by atoms with Gasteiger partial charge in [0.2, 0.25) is 5.91 Å². The van der Waals surface area contributed by atoms with Crippen molar-refractivity contribution in [1.29, 1.82) is 0 Å². The maximum Gasteiger partial charge on any atom is 0.224 e. The first-order valence-corrected chi connectivity index (χ1v) is 7.85. The number of para-hydroxylation sites is 1. The monoisotopic (exact) mass is 299 g/mol. The van der Waals surface area contributed by atoms with Gasteiger partial charge in [-0.25, -0.2) is 0 Å². The average molecular weight is 299 g/mol. The van der Waals surface area contributed by atoms with Crippen molar-refractivity contribution in [3.63, 3.8) is 0 Å². The highest BCUT2D eigenvalue weighted by Crippen LogP contribution is 2.17. The number of nitrogens with zero attached hydrogens (tertiary/aromatic N) is 2. The highest BCUT2D eigenvalue weighted by Gasteiger charge is 2.13. The summed E-state index contributed by atoms with van der Waals surface area (Å²) in [4.78, 5) is 12.1. The average Bonchev–Trinajstić information content (AvgIpc) is 2.72. The molecule has 4 heteroatoms. The Labute approximate surface area is 132 Å². The van der Waals surface area contributed by atoms with E-state index in [1.165, 1.54) is 11.3 Å². The number of aryl methyl sites for hydroxylation is 1. The summed E-state index contributed by atoms with van der Waals surface area (Å²) in [6.45, 7) is 9.40. The molecule has 0 saturated heterocycles. The van der Waals surface area contributed by atoms with E-state index < -0.39 is 0 Å². The largest absolute Gasteiger partial charge is 0.326 e. The number of nitrogens with one attached hydrogen (secondary N) is 1. The molecular weight excluding hydrogens is 274 g/mol. The summed E-state index contributed by atoms with van der Waals surface area (Å²) in [6.07, 6.45) is 1.21. The zero-order chi connectivity index (χ0) is 16.1. The Morgan fingerprint density at radius 2 is 1.91 bits per heavy atom. The second-order valence-electron chi connectivity index (χ2n) is 6.14. The molecular formula is C18H25N3O. The van der Waals surface area contributed by atoms with Crippen LogP contribution in [0.1, 0.15) is 37.2 Å². The lowest BCUT2D eigenvalue weighted by Gasteiger charge is -2.08. The standard InChI is InChI=1S/C18H25N3O/c1-13(2)12-21-15(4)17(14(3)20-21)10-11-18(22)19-16-8-6-5-7-9-16/h5-9,13H,10-12H2,1-4H3,(H,19,22). The molecule has 0 aliphatic rings. The molecule has 0 aliphatic heterocycles. The van der Waals surface area contributed by atoms with Crippen molar-refractivity contribution < 1.29 is 4.79 Å². The number of carbonyl (C=O) groups is 1. The Morgan fingerprint density at radius 3 is 2.55 bits per heavy atom. The quantitative estimate of drug-likeness (QED) is 0.883. The molecule has 1 aromatic heterocycles. The summed E-state index contributed by atoms with van der Waals surface area (Å²) in [5, 5.41) is 7.52. The van der Waals surface area contributed by atoms with Crippen molar-refractivity contribution in [2.45, 2.75) is 47.1 Å². The van der Waals surface area contributed by atoms with Gasteiger partial charge >= 0.3 is 0 Å². The van der Waals surface area contributed by atoms with Crippen LogP contribution in [0, 0.1) is 19.8 Å². The number of carbonyl (C=O) groups excluding carboxylic acids is 1. The highest BCUT2D eigenvalue weighted by atomic mass is 16.1. The SMILES string of the molecule is Cc1nn(CC(C)C)c(C)c1CCC(=O)Nc1ccccc1.